The van der Waals surface area contributed by atoms with Crippen LogP contribution in [-0.2, 0) is 0 Å². The van der Waals surface area contributed by atoms with Gasteiger partial charge in [-0.15, -0.1) is 0 Å². The molecule has 0 radical (unpaired) electrons. The highest BCUT2D eigenvalue weighted by Gasteiger charge is 2.12. The Morgan fingerprint density at radius 2 is 1.44 bits per heavy atom. The monoisotopic (exact) mass is 307 g/mol. The molecule has 1 N–H and O–H groups in total. The summed E-state index contributed by atoms with van der Waals surface area (Å²) in [5.41, 5.74) is 1.39. The van der Waals surface area contributed by atoms with Crippen LogP contribution in [0.4, 0.5) is 5.69 Å². The molecule has 92 valence electrons. The highest BCUT2D eigenvalue weighted by molar-refractivity contribution is 9.10. The van der Waals surface area contributed by atoms with Crippen LogP contribution in [0.15, 0.2) is 53.0 Å². The number of nitro benzene ring substituents is 1. The Balaban J connectivity index is 2.25. The Hall–Kier alpha value is -1.72. The first-order valence-electron chi connectivity index (χ1n) is 5.26. The lowest BCUT2D eigenvalue weighted by atomic mass is 10.0. The van der Waals surface area contributed by atoms with Crippen LogP contribution in [0.3, 0.4) is 0 Å². The predicted molar refractivity (Wildman–Crippen MR) is 71.3 cm³/mol. The minimum atomic E-state index is -0.779. The van der Waals surface area contributed by atoms with Crippen molar-refractivity contribution in [1.82, 2.24) is 0 Å². The number of hydrogen-bond acceptors (Lipinski definition) is 3. The number of rotatable bonds is 3. The van der Waals surface area contributed by atoms with Gasteiger partial charge in [-0.2, -0.15) is 0 Å². The zero-order valence-electron chi connectivity index (χ0n) is 9.29. The maximum atomic E-state index is 10.5. The van der Waals surface area contributed by atoms with E-state index in [1.165, 1.54) is 12.1 Å². The summed E-state index contributed by atoms with van der Waals surface area (Å²) in [6.07, 6.45) is -0.779. The lowest BCUT2D eigenvalue weighted by Gasteiger charge is -2.11. The van der Waals surface area contributed by atoms with Crippen LogP contribution in [0.1, 0.15) is 17.2 Å². The molecular weight excluding hydrogens is 298 g/mol. The zero-order chi connectivity index (χ0) is 13.1. The number of benzene rings is 2. The summed E-state index contributed by atoms with van der Waals surface area (Å²) in [6.45, 7) is 0. The van der Waals surface area contributed by atoms with E-state index in [-0.39, 0.29) is 5.69 Å². The first kappa shape index (κ1) is 12.7. The number of hydrogen-bond donors (Lipinski definition) is 1. The molecule has 1 unspecified atom stereocenters. The van der Waals surface area contributed by atoms with E-state index in [4.69, 9.17) is 0 Å². The summed E-state index contributed by atoms with van der Waals surface area (Å²) < 4.78 is 0.933. The molecule has 5 heteroatoms. The molecule has 0 aliphatic rings. The summed E-state index contributed by atoms with van der Waals surface area (Å²) in [6, 6.07) is 13.2. The van der Waals surface area contributed by atoms with Crippen molar-refractivity contribution in [3.63, 3.8) is 0 Å². The third-order valence-corrected chi connectivity index (χ3v) is 3.13. The lowest BCUT2D eigenvalue weighted by Crippen LogP contribution is -1.99. The van der Waals surface area contributed by atoms with Crippen LogP contribution in [0.25, 0.3) is 0 Å². The van der Waals surface area contributed by atoms with Gasteiger partial charge in [0.1, 0.15) is 6.10 Å². The summed E-state index contributed by atoms with van der Waals surface area (Å²) in [5.74, 6) is 0. The molecular formula is C13H10BrNO3. The normalized spacial score (nSPS) is 12.1. The van der Waals surface area contributed by atoms with E-state index >= 15 is 0 Å². The van der Waals surface area contributed by atoms with Crippen LogP contribution >= 0.6 is 15.9 Å². The lowest BCUT2D eigenvalue weighted by molar-refractivity contribution is -0.384. The maximum absolute atomic E-state index is 10.5. The zero-order valence-corrected chi connectivity index (χ0v) is 10.9. The second-order valence-corrected chi connectivity index (χ2v) is 4.72. The summed E-state index contributed by atoms with van der Waals surface area (Å²) in [4.78, 5) is 10.1. The van der Waals surface area contributed by atoms with Gasteiger partial charge in [-0.05, 0) is 35.4 Å². The van der Waals surface area contributed by atoms with Gasteiger partial charge in [0.15, 0.2) is 0 Å². The molecule has 0 fully saturated rings. The number of nitro groups is 1. The maximum Gasteiger partial charge on any atom is 0.269 e. The first-order chi connectivity index (χ1) is 8.58. The van der Waals surface area contributed by atoms with E-state index in [2.05, 4.69) is 15.9 Å². The number of aliphatic hydroxyl groups excluding tert-OH is 1. The quantitative estimate of drug-likeness (QED) is 0.698. The molecule has 0 saturated heterocycles. The fourth-order valence-corrected chi connectivity index (χ4v) is 1.88. The Bertz CT molecular complexity index is 551. The molecule has 4 nitrogen and oxygen atoms in total. The Labute approximate surface area is 112 Å². The summed E-state index contributed by atoms with van der Waals surface area (Å²) in [5, 5.41) is 20.7. The number of halogens is 1. The highest BCUT2D eigenvalue weighted by atomic mass is 79.9. The van der Waals surface area contributed by atoms with Gasteiger partial charge in [0, 0.05) is 16.6 Å². The molecule has 0 saturated carbocycles. The smallest absolute Gasteiger partial charge is 0.269 e. The fraction of sp³-hybridized carbons (Fsp3) is 0.0769. The van der Waals surface area contributed by atoms with E-state index < -0.39 is 11.0 Å². The minimum absolute atomic E-state index is 0.0155. The van der Waals surface area contributed by atoms with Crippen LogP contribution in [-0.4, -0.2) is 10.0 Å². The van der Waals surface area contributed by atoms with Crippen LogP contribution in [0.5, 0.6) is 0 Å². The van der Waals surface area contributed by atoms with Gasteiger partial charge in [0.05, 0.1) is 4.92 Å². The molecule has 0 spiro atoms. The van der Waals surface area contributed by atoms with Gasteiger partial charge in [0.2, 0.25) is 0 Å². The standard InChI is InChI=1S/C13H10BrNO3/c14-11-5-1-9(2-6-11)13(16)10-3-7-12(8-4-10)15(17)18/h1-8,13,16H. The van der Waals surface area contributed by atoms with Gasteiger partial charge in [-0.25, -0.2) is 0 Å². The van der Waals surface area contributed by atoms with Crippen molar-refractivity contribution in [2.24, 2.45) is 0 Å². The SMILES string of the molecule is O=[N+]([O-])c1ccc(C(O)c2ccc(Br)cc2)cc1. The molecule has 18 heavy (non-hydrogen) atoms. The van der Waals surface area contributed by atoms with Gasteiger partial charge in [0.25, 0.3) is 5.69 Å². The molecule has 0 aromatic heterocycles. The Morgan fingerprint density at radius 1 is 1.00 bits per heavy atom. The fourth-order valence-electron chi connectivity index (χ4n) is 1.62. The van der Waals surface area contributed by atoms with E-state index in [0.717, 1.165) is 10.0 Å². The van der Waals surface area contributed by atoms with Crippen molar-refractivity contribution in [3.8, 4) is 0 Å². The average Bonchev–Trinajstić information content (AvgIpc) is 2.39. The predicted octanol–water partition coefficient (Wildman–Crippen LogP) is 3.44. The minimum Gasteiger partial charge on any atom is -0.384 e. The number of non-ortho nitro benzene ring substituents is 1. The van der Waals surface area contributed by atoms with E-state index in [0.29, 0.717) is 5.56 Å². The molecule has 1 atom stereocenters. The van der Waals surface area contributed by atoms with Crippen molar-refractivity contribution < 1.29 is 10.0 Å². The van der Waals surface area contributed by atoms with E-state index in [9.17, 15) is 15.2 Å². The van der Waals surface area contributed by atoms with Gasteiger partial charge >= 0.3 is 0 Å². The first-order valence-corrected chi connectivity index (χ1v) is 6.05. The van der Waals surface area contributed by atoms with Crippen LogP contribution < -0.4 is 0 Å². The molecule has 2 rings (SSSR count). The average molecular weight is 308 g/mol. The van der Waals surface area contributed by atoms with Crippen molar-refractivity contribution in [1.29, 1.82) is 0 Å². The molecule has 0 bridgehead atoms. The molecule has 0 heterocycles. The molecule has 0 amide bonds. The molecule has 2 aromatic carbocycles. The number of aliphatic hydroxyl groups is 1. The van der Waals surface area contributed by atoms with Crippen molar-refractivity contribution in [2.45, 2.75) is 6.10 Å². The Kier molecular flexibility index (Phi) is 3.74. The van der Waals surface area contributed by atoms with Gasteiger partial charge in [-0.1, -0.05) is 28.1 Å². The van der Waals surface area contributed by atoms with E-state index in [1.807, 2.05) is 12.1 Å². The highest BCUT2D eigenvalue weighted by Crippen LogP contribution is 2.24. The van der Waals surface area contributed by atoms with E-state index in [1.54, 1.807) is 24.3 Å². The van der Waals surface area contributed by atoms with Crippen LogP contribution in [0.2, 0.25) is 0 Å². The Morgan fingerprint density at radius 3 is 1.89 bits per heavy atom. The molecule has 0 aliphatic carbocycles. The second kappa shape index (κ2) is 5.29. The number of nitrogens with zero attached hydrogens (tertiary/aromatic N) is 1. The molecule has 2 aromatic rings. The van der Waals surface area contributed by atoms with Gasteiger partial charge in [-0.3, -0.25) is 10.1 Å². The van der Waals surface area contributed by atoms with Crippen molar-refractivity contribution in [3.05, 3.63) is 74.2 Å². The third-order valence-electron chi connectivity index (χ3n) is 2.61. The molecule has 0 aliphatic heterocycles. The second-order valence-electron chi connectivity index (χ2n) is 3.80. The summed E-state index contributed by atoms with van der Waals surface area (Å²) in [7, 11) is 0. The van der Waals surface area contributed by atoms with Gasteiger partial charge < -0.3 is 5.11 Å². The topological polar surface area (TPSA) is 63.4 Å². The largest absolute Gasteiger partial charge is 0.384 e. The third kappa shape index (κ3) is 2.75. The van der Waals surface area contributed by atoms with Crippen molar-refractivity contribution in [2.75, 3.05) is 0 Å². The van der Waals surface area contributed by atoms with Crippen LogP contribution in [0, 0.1) is 10.1 Å². The summed E-state index contributed by atoms with van der Waals surface area (Å²) >= 11 is 3.32. The van der Waals surface area contributed by atoms with Crippen molar-refractivity contribution >= 4 is 21.6 Å².